The summed E-state index contributed by atoms with van der Waals surface area (Å²) in [7, 11) is 1.37. The van der Waals surface area contributed by atoms with E-state index < -0.39 is 0 Å². The van der Waals surface area contributed by atoms with Crippen molar-refractivity contribution in [2.75, 3.05) is 19.0 Å². The molecule has 6 heteroatoms. The second-order valence-corrected chi connectivity index (χ2v) is 5.62. The number of nitrogens with one attached hydrogen (secondary N) is 2. The van der Waals surface area contributed by atoms with Crippen LogP contribution < -0.4 is 10.6 Å². The molecule has 0 saturated carbocycles. The quantitative estimate of drug-likeness (QED) is 0.622. The Labute approximate surface area is 146 Å². The third-order valence-corrected chi connectivity index (χ3v) is 3.65. The van der Waals surface area contributed by atoms with Crippen LogP contribution in [-0.4, -0.2) is 24.7 Å². The van der Waals surface area contributed by atoms with Crippen LogP contribution in [0.4, 0.5) is 10.1 Å². The summed E-state index contributed by atoms with van der Waals surface area (Å²) in [5.74, 6) is -0.506. The number of anilines is 1. The largest absolute Gasteiger partial charge is 0.469 e. The number of hydrogen-bond acceptors (Lipinski definition) is 3. The standard InChI is InChI=1S/C18H19FN2O2S/c1-23-17(22)12-14-4-8-16(9-5-14)21-18(24)20-11-10-13-2-6-15(19)7-3-13/h2-9H,10-12H2,1H3,(H2,20,21,24). The van der Waals surface area contributed by atoms with E-state index in [-0.39, 0.29) is 18.2 Å². The summed E-state index contributed by atoms with van der Waals surface area (Å²) in [6.45, 7) is 0.651. The molecule has 0 spiro atoms. The molecule has 0 aliphatic carbocycles. The average Bonchev–Trinajstić information content (AvgIpc) is 2.58. The summed E-state index contributed by atoms with van der Waals surface area (Å²) in [5.41, 5.74) is 2.75. The Bertz CT molecular complexity index is 687. The lowest BCUT2D eigenvalue weighted by Gasteiger charge is -2.11. The molecule has 0 aliphatic heterocycles. The van der Waals surface area contributed by atoms with Crippen LogP contribution in [0.1, 0.15) is 11.1 Å². The first-order valence-electron chi connectivity index (χ1n) is 7.52. The van der Waals surface area contributed by atoms with Crippen molar-refractivity contribution in [1.29, 1.82) is 0 Å². The van der Waals surface area contributed by atoms with Crippen LogP contribution in [-0.2, 0) is 22.4 Å². The van der Waals surface area contributed by atoms with Crippen LogP contribution in [0.15, 0.2) is 48.5 Å². The van der Waals surface area contributed by atoms with Crippen molar-refractivity contribution in [1.82, 2.24) is 5.32 Å². The Hall–Kier alpha value is -2.47. The highest BCUT2D eigenvalue weighted by molar-refractivity contribution is 7.80. The maximum atomic E-state index is 12.8. The van der Waals surface area contributed by atoms with Crippen molar-refractivity contribution in [2.45, 2.75) is 12.8 Å². The Balaban J connectivity index is 1.75. The molecule has 2 N–H and O–H groups in total. The molecule has 0 aliphatic rings. The number of rotatable bonds is 6. The van der Waals surface area contributed by atoms with Gasteiger partial charge in [-0.1, -0.05) is 24.3 Å². The monoisotopic (exact) mass is 346 g/mol. The van der Waals surface area contributed by atoms with Gasteiger partial charge >= 0.3 is 5.97 Å². The minimum Gasteiger partial charge on any atom is -0.469 e. The van der Waals surface area contributed by atoms with E-state index in [4.69, 9.17) is 12.2 Å². The summed E-state index contributed by atoms with van der Waals surface area (Å²) in [4.78, 5) is 11.2. The van der Waals surface area contributed by atoms with Gasteiger partial charge in [-0.25, -0.2) is 4.39 Å². The van der Waals surface area contributed by atoms with Gasteiger partial charge in [-0.3, -0.25) is 4.79 Å². The average molecular weight is 346 g/mol. The van der Waals surface area contributed by atoms with Gasteiger partial charge < -0.3 is 15.4 Å². The molecule has 2 aromatic carbocycles. The zero-order chi connectivity index (χ0) is 17.4. The smallest absolute Gasteiger partial charge is 0.309 e. The molecule has 2 aromatic rings. The lowest BCUT2D eigenvalue weighted by Crippen LogP contribution is -2.30. The summed E-state index contributed by atoms with van der Waals surface area (Å²) < 4.78 is 17.5. The van der Waals surface area contributed by atoms with Crippen molar-refractivity contribution < 1.29 is 13.9 Å². The molecule has 4 nitrogen and oxygen atoms in total. The van der Waals surface area contributed by atoms with Gasteiger partial charge in [0.2, 0.25) is 0 Å². The fourth-order valence-corrected chi connectivity index (χ4v) is 2.31. The SMILES string of the molecule is COC(=O)Cc1ccc(NC(=S)NCCc2ccc(F)cc2)cc1. The summed E-state index contributed by atoms with van der Waals surface area (Å²) in [6.07, 6.45) is 0.997. The molecule has 0 amide bonds. The highest BCUT2D eigenvalue weighted by atomic mass is 32.1. The number of halogens is 1. The van der Waals surface area contributed by atoms with Crippen LogP contribution in [0.2, 0.25) is 0 Å². The predicted octanol–water partition coefficient (Wildman–Crippen LogP) is 3.07. The lowest BCUT2D eigenvalue weighted by molar-refractivity contribution is -0.139. The number of carbonyl (C=O) groups is 1. The molecule has 2 rings (SSSR count). The zero-order valence-electron chi connectivity index (χ0n) is 13.3. The Morgan fingerprint density at radius 3 is 2.33 bits per heavy atom. The molecule has 0 saturated heterocycles. The number of methoxy groups -OCH3 is 1. The predicted molar refractivity (Wildman–Crippen MR) is 96.5 cm³/mol. The molecule has 0 atom stereocenters. The summed E-state index contributed by atoms with van der Waals surface area (Å²) in [5, 5.41) is 6.69. The van der Waals surface area contributed by atoms with Crippen LogP contribution in [0.5, 0.6) is 0 Å². The number of benzene rings is 2. The Kier molecular flexibility index (Phi) is 6.69. The van der Waals surface area contributed by atoms with Crippen LogP contribution in [0.25, 0.3) is 0 Å². The maximum Gasteiger partial charge on any atom is 0.309 e. The Morgan fingerprint density at radius 1 is 1.08 bits per heavy atom. The van der Waals surface area contributed by atoms with E-state index in [0.29, 0.717) is 11.7 Å². The molecule has 0 fully saturated rings. The first-order valence-corrected chi connectivity index (χ1v) is 7.92. The number of thiocarbonyl (C=S) groups is 1. The molecule has 0 aromatic heterocycles. The topological polar surface area (TPSA) is 50.4 Å². The first kappa shape index (κ1) is 17.9. The number of hydrogen-bond donors (Lipinski definition) is 2. The molecule has 0 heterocycles. The highest BCUT2D eigenvalue weighted by Crippen LogP contribution is 2.10. The van der Waals surface area contributed by atoms with Gasteiger partial charge in [-0.15, -0.1) is 0 Å². The molecular formula is C18H19FN2O2S. The molecule has 0 bridgehead atoms. The molecule has 24 heavy (non-hydrogen) atoms. The van der Waals surface area contributed by atoms with Crippen LogP contribution in [0.3, 0.4) is 0 Å². The fraction of sp³-hybridized carbons (Fsp3) is 0.222. The van der Waals surface area contributed by atoms with E-state index in [1.165, 1.54) is 19.2 Å². The van der Waals surface area contributed by atoms with Gasteiger partial charge in [0.05, 0.1) is 13.5 Å². The van der Waals surface area contributed by atoms with Crippen molar-refractivity contribution >= 4 is 29.0 Å². The number of esters is 1. The zero-order valence-corrected chi connectivity index (χ0v) is 14.2. The third-order valence-electron chi connectivity index (χ3n) is 3.40. The van der Waals surface area contributed by atoms with Crippen LogP contribution in [0, 0.1) is 5.82 Å². The normalized spacial score (nSPS) is 10.1. The first-order chi connectivity index (χ1) is 11.6. The minimum absolute atomic E-state index is 0.237. The van der Waals surface area contributed by atoms with Gasteiger partial charge in [0.1, 0.15) is 5.82 Å². The second-order valence-electron chi connectivity index (χ2n) is 5.21. The molecule has 0 radical (unpaired) electrons. The van der Waals surface area contributed by atoms with E-state index >= 15 is 0 Å². The van der Waals surface area contributed by atoms with Crippen molar-refractivity contribution in [3.63, 3.8) is 0 Å². The van der Waals surface area contributed by atoms with Gasteiger partial charge in [-0.2, -0.15) is 0 Å². The third kappa shape index (κ3) is 5.96. The van der Waals surface area contributed by atoms with E-state index in [1.54, 1.807) is 12.1 Å². The van der Waals surface area contributed by atoms with E-state index in [2.05, 4.69) is 15.4 Å². The maximum absolute atomic E-state index is 12.8. The van der Waals surface area contributed by atoms with Gasteiger partial charge in [0.15, 0.2) is 5.11 Å². The van der Waals surface area contributed by atoms with Crippen molar-refractivity contribution in [3.8, 4) is 0 Å². The van der Waals surface area contributed by atoms with E-state index in [9.17, 15) is 9.18 Å². The minimum atomic E-state index is -0.270. The second kappa shape index (κ2) is 8.98. The Morgan fingerprint density at radius 2 is 1.71 bits per heavy atom. The number of ether oxygens (including phenoxy) is 1. The molecule has 0 unspecified atom stereocenters. The van der Waals surface area contributed by atoms with Gasteiger partial charge in [-0.05, 0) is 54.0 Å². The molecule has 126 valence electrons. The summed E-state index contributed by atoms with van der Waals surface area (Å²) in [6, 6.07) is 13.8. The van der Waals surface area contributed by atoms with E-state index in [0.717, 1.165) is 23.2 Å². The molecular weight excluding hydrogens is 327 g/mol. The van der Waals surface area contributed by atoms with Crippen molar-refractivity contribution in [3.05, 3.63) is 65.5 Å². The van der Waals surface area contributed by atoms with Crippen molar-refractivity contribution in [2.24, 2.45) is 0 Å². The highest BCUT2D eigenvalue weighted by Gasteiger charge is 2.03. The summed E-state index contributed by atoms with van der Waals surface area (Å²) >= 11 is 5.24. The lowest BCUT2D eigenvalue weighted by atomic mass is 10.1. The van der Waals surface area contributed by atoms with Gasteiger partial charge in [0, 0.05) is 12.2 Å². The van der Waals surface area contributed by atoms with Crippen LogP contribution >= 0.6 is 12.2 Å². The van der Waals surface area contributed by atoms with E-state index in [1.807, 2.05) is 24.3 Å². The fourth-order valence-electron chi connectivity index (χ4n) is 2.09. The number of carbonyl (C=O) groups excluding carboxylic acids is 1. The van der Waals surface area contributed by atoms with Gasteiger partial charge in [0.25, 0.3) is 0 Å².